The second-order valence-electron chi connectivity index (χ2n) is 11.5. The number of rotatable bonds is 7. The largest absolute Gasteiger partial charge is 0.495 e. The van der Waals surface area contributed by atoms with Crippen LogP contribution in [0.2, 0.25) is 0 Å². The molecule has 0 saturated carbocycles. The maximum Gasteiger partial charge on any atom is 0.416 e. The Labute approximate surface area is 258 Å². The molecule has 1 aliphatic heterocycles. The van der Waals surface area contributed by atoms with Gasteiger partial charge in [-0.15, -0.1) is 0 Å². The number of nitrogens with two attached hydrogens (primary N) is 1. The number of nitrogens with one attached hydrogen (secondary N) is 1. The lowest BCUT2D eigenvalue weighted by atomic mass is 9.93. The molecule has 45 heavy (non-hydrogen) atoms. The van der Waals surface area contributed by atoms with Crippen molar-refractivity contribution in [3.8, 4) is 16.9 Å². The number of nitrogens with zero attached hydrogens (tertiary/aromatic N) is 4. The molecule has 2 heterocycles. The summed E-state index contributed by atoms with van der Waals surface area (Å²) in [5.74, 6) is -0.0881. The van der Waals surface area contributed by atoms with E-state index in [2.05, 4.69) is 25.1 Å². The lowest BCUT2D eigenvalue weighted by Crippen LogP contribution is -2.31. The SMILES string of the molecule is COc1c(C(=O)Nc2cc(C(F)(F)F)ccc2CN2CC[C@@H](N(C)C)C2)cc(-c2ccc3nc(N)ncc3c2)c2ccccc12. The van der Waals surface area contributed by atoms with Gasteiger partial charge in [-0.25, -0.2) is 9.97 Å². The molecule has 0 spiro atoms. The monoisotopic (exact) mass is 614 g/mol. The van der Waals surface area contributed by atoms with Gasteiger partial charge in [0.2, 0.25) is 5.95 Å². The van der Waals surface area contributed by atoms with Crippen molar-refractivity contribution in [1.82, 2.24) is 19.8 Å². The van der Waals surface area contributed by atoms with E-state index in [4.69, 9.17) is 10.5 Å². The van der Waals surface area contributed by atoms with Crippen LogP contribution in [0.3, 0.4) is 0 Å². The molecule has 0 radical (unpaired) electrons. The summed E-state index contributed by atoms with van der Waals surface area (Å²) < 4.78 is 47.2. The minimum atomic E-state index is -4.57. The summed E-state index contributed by atoms with van der Waals surface area (Å²) in [6, 6.07) is 18.7. The molecule has 8 nitrogen and oxygen atoms in total. The van der Waals surface area contributed by atoms with Crippen LogP contribution in [0, 0.1) is 0 Å². The number of methoxy groups -OCH3 is 1. The van der Waals surface area contributed by atoms with Gasteiger partial charge in [0.15, 0.2) is 0 Å². The van der Waals surface area contributed by atoms with Crippen LogP contribution in [0.1, 0.15) is 27.9 Å². The van der Waals surface area contributed by atoms with Crippen LogP contribution in [0.15, 0.2) is 72.9 Å². The second-order valence-corrected chi connectivity index (χ2v) is 11.5. The number of likely N-dealkylation sites (tertiary alicyclic amines) is 1. The molecule has 1 aromatic heterocycles. The number of nitrogen functional groups attached to an aromatic ring is 1. The molecule has 0 bridgehead atoms. The molecule has 3 N–H and O–H groups in total. The molecule has 6 rings (SSSR count). The summed E-state index contributed by atoms with van der Waals surface area (Å²) in [6.07, 6.45) is -1.97. The second kappa shape index (κ2) is 12.0. The minimum absolute atomic E-state index is 0.111. The molecule has 5 aromatic rings. The first-order valence-electron chi connectivity index (χ1n) is 14.5. The zero-order valence-electron chi connectivity index (χ0n) is 25.2. The van der Waals surface area contributed by atoms with Gasteiger partial charge in [0.1, 0.15) is 5.75 Å². The van der Waals surface area contributed by atoms with Crippen LogP contribution >= 0.6 is 0 Å². The first-order valence-corrected chi connectivity index (χ1v) is 14.5. The maximum absolute atomic E-state index is 14.0. The van der Waals surface area contributed by atoms with E-state index in [1.165, 1.54) is 13.2 Å². The number of carbonyl (C=O) groups excluding carboxylic acids is 1. The third-order valence-electron chi connectivity index (χ3n) is 8.41. The van der Waals surface area contributed by atoms with Crippen molar-refractivity contribution in [3.63, 3.8) is 0 Å². The Morgan fingerprint density at radius 3 is 2.58 bits per heavy atom. The molecule has 1 saturated heterocycles. The molecule has 232 valence electrons. The normalized spacial score (nSPS) is 15.7. The number of ether oxygens (including phenoxy) is 1. The third-order valence-corrected chi connectivity index (χ3v) is 8.41. The fraction of sp³-hybridized carbons (Fsp3) is 0.265. The quantitative estimate of drug-likeness (QED) is 0.218. The number of anilines is 2. The number of amides is 1. The van der Waals surface area contributed by atoms with E-state index in [-0.39, 0.29) is 17.2 Å². The third kappa shape index (κ3) is 6.13. The van der Waals surface area contributed by atoms with Crippen LogP contribution in [-0.2, 0) is 12.7 Å². The summed E-state index contributed by atoms with van der Waals surface area (Å²) >= 11 is 0. The van der Waals surface area contributed by atoms with E-state index in [9.17, 15) is 18.0 Å². The molecule has 1 amide bonds. The van der Waals surface area contributed by atoms with Crippen molar-refractivity contribution in [3.05, 3.63) is 89.6 Å². The number of hydrogen-bond acceptors (Lipinski definition) is 7. The van der Waals surface area contributed by atoms with Crippen molar-refractivity contribution in [2.75, 3.05) is 45.3 Å². The highest BCUT2D eigenvalue weighted by atomic mass is 19.4. The number of hydrogen-bond donors (Lipinski definition) is 2. The van der Waals surface area contributed by atoms with Crippen LogP contribution in [-0.4, -0.2) is 66.0 Å². The summed E-state index contributed by atoms with van der Waals surface area (Å²) in [6.45, 7) is 2.00. The number of likely N-dealkylation sites (N-methyl/N-ethyl adjacent to an activating group) is 1. The number of carbonyl (C=O) groups is 1. The highest BCUT2D eigenvalue weighted by molar-refractivity contribution is 6.14. The van der Waals surface area contributed by atoms with Crippen molar-refractivity contribution < 1.29 is 22.7 Å². The van der Waals surface area contributed by atoms with Crippen molar-refractivity contribution in [2.45, 2.75) is 25.2 Å². The van der Waals surface area contributed by atoms with Gasteiger partial charge in [0, 0.05) is 48.3 Å². The number of benzene rings is 4. The van der Waals surface area contributed by atoms with Gasteiger partial charge in [0.25, 0.3) is 5.91 Å². The molecular formula is C34H33F3N6O2. The van der Waals surface area contributed by atoms with Gasteiger partial charge in [0.05, 0.1) is 23.8 Å². The van der Waals surface area contributed by atoms with Crippen LogP contribution < -0.4 is 15.8 Å². The Kier molecular flexibility index (Phi) is 8.07. The van der Waals surface area contributed by atoms with E-state index < -0.39 is 17.6 Å². The lowest BCUT2D eigenvalue weighted by Gasteiger charge is -2.22. The first kappa shape index (κ1) is 30.3. The summed E-state index contributed by atoms with van der Waals surface area (Å²) in [7, 11) is 5.51. The predicted octanol–water partition coefficient (Wildman–Crippen LogP) is 6.45. The van der Waals surface area contributed by atoms with Gasteiger partial charge in [-0.2, -0.15) is 13.2 Å². The summed E-state index contributed by atoms with van der Waals surface area (Å²) in [4.78, 5) is 26.7. The van der Waals surface area contributed by atoms with Gasteiger partial charge in [-0.05, 0) is 72.9 Å². The molecule has 1 atom stereocenters. The van der Waals surface area contributed by atoms with Gasteiger partial charge < -0.3 is 20.7 Å². The van der Waals surface area contributed by atoms with E-state index >= 15 is 0 Å². The van der Waals surface area contributed by atoms with Gasteiger partial charge in [-0.3, -0.25) is 9.69 Å². The summed E-state index contributed by atoms with van der Waals surface area (Å²) in [5.41, 5.74) is 8.04. The van der Waals surface area contributed by atoms with E-state index in [0.29, 0.717) is 34.8 Å². The van der Waals surface area contributed by atoms with Gasteiger partial charge >= 0.3 is 6.18 Å². The molecule has 0 unspecified atom stereocenters. The van der Waals surface area contributed by atoms with Crippen molar-refractivity contribution >= 4 is 39.2 Å². The fourth-order valence-corrected chi connectivity index (χ4v) is 6.01. The smallest absolute Gasteiger partial charge is 0.416 e. The minimum Gasteiger partial charge on any atom is -0.495 e. The Morgan fingerprint density at radius 2 is 1.87 bits per heavy atom. The highest BCUT2D eigenvalue weighted by Crippen LogP contribution is 2.39. The van der Waals surface area contributed by atoms with E-state index in [0.717, 1.165) is 53.5 Å². The van der Waals surface area contributed by atoms with Crippen molar-refractivity contribution in [2.24, 2.45) is 0 Å². The Hall–Kier alpha value is -4.74. The molecule has 1 aliphatic rings. The van der Waals surface area contributed by atoms with Crippen molar-refractivity contribution in [1.29, 1.82) is 0 Å². The summed E-state index contributed by atoms with van der Waals surface area (Å²) in [5, 5.41) is 5.10. The number of aromatic nitrogens is 2. The topological polar surface area (TPSA) is 96.6 Å². The average Bonchev–Trinajstić information content (AvgIpc) is 3.49. The van der Waals surface area contributed by atoms with Crippen LogP contribution in [0.25, 0.3) is 32.8 Å². The zero-order chi connectivity index (χ0) is 31.9. The van der Waals surface area contributed by atoms with E-state index in [1.807, 2.05) is 56.6 Å². The van der Waals surface area contributed by atoms with E-state index in [1.54, 1.807) is 12.3 Å². The Balaban J connectivity index is 1.42. The fourth-order valence-electron chi connectivity index (χ4n) is 6.01. The van der Waals surface area contributed by atoms with Crippen LogP contribution in [0.4, 0.5) is 24.8 Å². The lowest BCUT2D eigenvalue weighted by molar-refractivity contribution is -0.137. The Morgan fingerprint density at radius 1 is 1.09 bits per heavy atom. The highest BCUT2D eigenvalue weighted by Gasteiger charge is 2.32. The number of alkyl halides is 3. The predicted molar refractivity (Wildman–Crippen MR) is 170 cm³/mol. The number of halogens is 3. The average molecular weight is 615 g/mol. The molecule has 1 fully saturated rings. The zero-order valence-corrected chi connectivity index (χ0v) is 25.2. The Bertz CT molecular complexity index is 1910. The van der Waals surface area contributed by atoms with Crippen LogP contribution in [0.5, 0.6) is 5.75 Å². The van der Waals surface area contributed by atoms with Gasteiger partial charge in [-0.1, -0.05) is 36.4 Å². The molecule has 4 aromatic carbocycles. The number of fused-ring (bicyclic) bond motifs is 2. The first-order chi connectivity index (χ1) is 21.5. The molecular weight excluding hydrogens is 581 g/mol. The molecule has 11 heteroatoms. The molecule has 0 aliphatic carbocycles. The standard InChI is InChI=1S/C34H33F3N6O2/c1-42(2)24-12-13-43(19-24)18-21-8-10-23(34(35,36)37)15-30(21)40-32(44)28-16-27(25-6-4-5-7-26(25)31(28)45-3)20-9-11-29-22(14-20)17-39-33(38)41-29/h4-11,14-17,24H,12-13,18-19H2,1-3H3,(H,40,44)(H2,38,39,41)/t24-/m1/s1. The maximum atomic E-state index is 14.0.